The molecule has 0 aliphatic heterocycles. The van der Waals surface area contributed by atoms with Gasteiger partial charge in [-0.1, -0.05) is 19.8 Å². The third-order valence-electron chi connectivity index (χ3n) is 4.11. The van der Waals surface area contributed by atoms with Crippen molar-refractivity contribution < 1.29 is 22.7 Å². The summed E-state index contributed by atoms with van der Waals surface area (Å²) in [6, 6.07) is 8.21. The molecule has 1 aromatic carbocycles. The minimum absolute atomic E-state index is 0.0311. The van der Waals surface area contributed by atoms with Crippen LogP contribution in [0.5, 0.6) is 0 Å². The number of hydrogen-bond donors (Lipinski definition) is 2. The number of sulfonamides is 1. The maximum Gasteiger partial charge on any atom is 0.303 e. The van der Waals surface area contributed by atoms with Crippen molar-refractivity contribution in [3.05, 3.63) is 52.0 Å². The van der Waals surface area contributed by atoms with Gasteiger partial charge in [-0.2, -0.15) is 0 Å². The van der Waals surface area contributed by atoms with Crippen LogP contribution in [-0.4, -0.2) is 19.5 Å². The number of aliphatic carboxylic acids is 1. The lowest BCUT2D eigenvalue weighted by molar-refractivity contribution is -0.137. The molecule has 0 saturated carbocycles. The fourth-order valence-electron chi connectivity index (χ4n) is 2.67. The average Bonchev–Trinajstić information content (AvgIpc) is 3.07. The van der Waals surface area contributed by atoms with E-state index in [0.29, 0.717) is 19.3 Å². The number of thiophene rings is 1. The highest BCUT2D eigenvalue weighted by atomic mass is 32.2. The van der Waals surface area contributed by atoms with E-state index >= 15 is 0 Å². The van der Waals surface area contributed by atoms with E-state index in [9.17, 15) is 17.6 Å². The summed E-state index contributed by atoms with van der Waals surface area (Å²) >= 11 is 1.50. The zero-order valence-corrected chi connectivity index (χ0v) is 16.8. The van der Waals surface area contributed by atoms with Crippen LogP contribution in [0.2, 0.25) is 0 Å². The maximum atomic E-state index is 13.1. The van der Waals surface area contributed by atoms with Crippen LogP contribution in [0.1, 0.15) is 54.8 Å². The van der Waals surface area contributed by atoms with Gasteiger partial charge in [-0.05, 0) is 55.7 Å². The fraction of sp³-hybridized carbons (Fsp3) is 0.421. The Labute approximate surface area is 163 Å². The highest BCUT2D eigenvalue weighted by molar-refractivity contribution is 7.89. The van der Waals surface area contributed by atoms with Gasteiger partial charge in [0, 0.05) is 16.2 Å². The van der Waals surface area contributed by atoms with Crippen molar-refractivity contribution in [2.45, 2.75) is 56.4 Å². The molecule has 0 aliphatic carbocycles. The molecule has 0 amide bonds. The van der Waals surface area contributed by atoms with E-state index in [0.717, 1.165) is 34.7 Å². The highest BCUT2D eigenvalue weighted by Crippen LogP contribution is 2.29. The summed E-state index contributed by atoms with van der Waals surface area (Å²) in [5.74, 6) is -1.31. The van der Waals surface area contributed by atoms with Gasteiger partial charge in [-0.15, -0.1) is 11.3 Å². The standard InChI is InChI=1S/C19H24FNO4S2/c1-2-3-6-17(18-13-10-15(26-18)5-4-7-19(22)23)21-27(24,25)16-11-8-14(20)9-12-16/h8-13,17,21H,2-7H2,1H3,(H,22,23). The fourth-order valence-corrected chi connectivity index (χ4v) is 5.13. The Balaban J connectivity index is 2.13. The van der Waals surface area contributed by atoms with Gasteiger partial charge in [0.05, 0.1) is 10.9 Å². The molecule has 8 heteroatoms. The molecule has 0 spiro atoms. The topological polar surface area (TPSA) is 83.5 Å². The van der Waals surface area contributed by atoms with Crippen molar-refractivity contribution in [3.8, 4) is 0 Å². The average molecular weight is 414 g/mol. The molecule has 0 radical (unpaired) electrons. The Morgan fingerprint density at radius 1 is 1.19 bits per heavy atom. The van der Waals surface area contributed by atoms with Crippen molar-refractivity contribution in [2.75, 3.05) is 0 Å². The van der Waals surface area contributed by atoms with E-state index in [-0.39, 0.29) is 17.4 Å². The van der Waals surface area contributed by atoms with E-state index < -0.39 is 21.8 Å². The second-order valence-corrected chi connectivity index (χ2v) is 9.24. The number of carboxylic acids is 1. The van der Waals surface area contributed by atoms with Crippen LogP contribution >= 0.6 is 11.3 Å². The summed E-state index contributed by atoms with van der Waals surface area (Å²) in [6.45, 7) is 2.04. The highest BCUT2D eigenvalue weighted by Gasteiger charge is 2.22. The molecule has 5 nitrogen and oxygen atoms in total. The van der Waals surface area contributed by atoms with Gasteiger partial charge in [-0.25, -0.2) is 17.5 Å². The molecule has 27 heavy (non-hydrogen) atoms. The molecule has 0 bridgehead atoms. The molecule has 1 heterocycles. The number of unbranched alkanes of at least 4 members (excludes halogenated alkanes) is 1. The minimum Gasteiger partial charge on any atom is -0.481 e. The lowest BCUT2D eigenvalue weighted by atomic mass is 10.1. The van der Waals surface area contributed by atoms with E-state index in [2.05, 4.69) is 4.72 Å². The lowest BCUT2D eigenvalue weighted by Gasteiger charge is -2.17. The molecule has 1 atom stereocenters. The van der Waals surface area contributed by atoms with Crippen LogP contribution in [0.25, 0.3) is 0 Å². The van der Waals surface area contributed by atoms with E-state index in [1.807, 2.05) is 19.1 Å². The van der Waals surface area contributed by atoms with Crippen LogP contribution in [-0.2, 0) is 21.2 Å². The van der Waals surface area contributed by atoms with E-state index in [4.69, 9.17) is 5.11 Å². The van der Waals surface area contributed by atoms with Gasteiger partial charge < -0.3 is 5.11 Å². The van der Waals surface area contributed by atoms with Crippen molar-refractivity contribution in [1.29, 1.82) is 0 Å². The first-order valence-corrected chi connectivity index (χ1v) is 11.2. The number of hydrogen-bond acceptors (Lipinski definition) is 4. The first kappa shape index (κ1) is 21.5. The molecule has 0 aliphatic rings. The quantitative estimate of drug-likeness (QED) is 0.568. The number of carboxylic acid groups (broad SMARTS) is 1. The number of aryl methyl sites for hydroxylation is 1. The largest absolute Gasteiger partial charge is 0.481 e. The van der Waals surface area contributed by atoms with E-state index in [1.165, 1.54) is 23.5 Å². The molecule has 0 saturated heterocycles. The molecular weight excluding hydrogens is 389 g/mol. The predicted molar refractivity (Wildman–Crippen MR) is 104 cm³/mol. The van der Waals surface area contributed by atoms with Gasteiger partial charge in [-0.3, -0.25) is 4.79 Å². The van der Waals surface area contributed by atoms with Gasteiger partial charge in [0.15, 0.2) is 0 Å². The number of rotatable bonds is 11. The molecule has 0 fully saturated rings. The zero-order valence-electron chi connectivity index (χ0n) is 15.2. The molecule has 1 aromatic heterocycles. The van der Waals surface area contributed by atoms with Crippen molar-refractivity contribution in [3.63, 3.8) is 0 Å². The first-order chi connectivity index (χ1) is 12.8. The third-order valence-corrected chi connectivity index (χ3v) is 6.85. The normalized spacial score (nSPS) is 12.8. The van der Waals surface area contributed by atoms with Crippen LogP contribution in [0.4, 0.5) is 4.39 Å². The van der Waals surface area contributed by atoms with Crippen LogP contribution in [0.15, 0.2) is 41.3 Å². The Kier molecular flexibility index (Phi) is 7.94. The number of carbonyl (C=O) groups is 1. The lowest BCUT2D eigenvalue weighted by Crippen LogP contribution is -2.28. The second-order valence-electron chi connectivity index (χ2n) is 6.32. The number of benzene rings is 1. The molecule has 2 N–H and O–H groups in total. The Bertz CT molecular complexity index is 847. The smallest absolute Gasteiger partial charge is 0.303 e. The second kappa shape index (κ2) is 9.96. The SMILES string of the molecule is CCCCC(NS(=O)(=O)c1ccc(F)cc1)c1ccc(CCCC(=O)O)s1. The zero-order chi connectivity index (χ0) is 19.9. The van der Waals surface area contributed by atoms with Crippen molar-refractivity contribution >= 4 is 27.3 Å². The number of nitrogens with one attached hydrogen (secondary N) is 1. The maximum absolute atomic E-state index is 13.1. The third kappa shape index (κ3) is 6.71. The Morgan fingerprint density at radius 3 is 2.52 bits per heavy atom. The monoisotopic (exact) mass is 413 g/mol. The van der Waals surface area contributed by atoms with Crippen molar-refractivity contribution in [1.82, 2.24) is 4.72 Å². The van der Waals surface area contributed by atoms with Gasteiger partial charge in [0.2, 0.25) is 10.0 Å². The molecule has 2 aromatic rings. The predicted octanol–water partition coefficient (Wildman–Crippen LogP) is 4.50. The van der Waals surface area contributed by atoms with E-state index in [1.54, 1.807) is 0 Å². The van der Waals surface area contributed by atoms with Gasteiger partial charge >= 0.3 is 5.97 Å². The molecule has 2 rings (SSSR count). The summed E-state index contributed by atoms with van der Waals surface area (Å²) < 4.78 is 41.1. The summed E-state index contributed by atoms with van der Waals surface area (Å²) in [6.07, 6.45) is 3.78. The summed E-state index contributed by atoms with van der Waals surface area (Å²) in [4.78, 5) is 12.6. The van der Waals surface area contributed by atoms with Crippen LogP contribution < -0.4 is 4.72 Å². The summed E-state index contributed by atoms with van der Waals surface area (Å²) in [5.41, 5.74) is 0. The summed E-state index contributed by atoms with van der Waals surface area (Å²) in [7, 11) is -3.76. The van der Waals surface area contributed by atoms with Crippen molar-refractivity contribution in [2.24, 2.45) is 0 Å². The van der Waals surface area contributed by atoms with Gasteiger partial charge in [0.1, 0.15) is 5.82 Å². The van der Waals surface area contributed by atoms with Crippen LogP contribution in [0.3, 0.4) is 0 Å². The Morgan fingerprint density at radius 2 is 1.89 bits per heavy atom. The van der Waals surface area contributed by atoms with Gasteiger partial charge in [0.25, 0.3) is 0 Å². The Hall–Kier alpha value is -1.77. The minimum atomic E-state index is -3.76. The molecule has 1 unspecified atom stereocenters. The summed E-state index contributed by atoms with van der Waals surface area (Å²) in [5, 5.41) is 8.74. The molecule has 148 valence electrons. The molecular formula is C19H24FNO4S2. The first-order valence-electron chi connectivity index (χ1n) is 8.90. The van der Waals surface area contributed by atoms with Crippen LogP contribution in [0, 0.1) is 5.82 Å². The number of halogens is 1.